The fourth-order valence-corrected chi connectivity index (χ4v) is 13.0. The molecule has 8 aromatic carbocycles. The third-order valence-corrected chi connectivity index (χ3v) is 17.0. The molecule has 13 nitrogen and oxygen atoms in total. The highest BCUT2D eigenvalue weighted by atomic mass is 35.5. The van der Waals surface area contributed by atoms with Crippen molar-refractivity contribution in [2.75, 3.05) is 65.4 Å². The van der Waals surface area contributed by atoms with Crippen molar-refractivity contribution < 1.29 is 4.74 Å². The number of rotatable bonds is 18. The minimum atomic E-state index is -0.197. The Kier molecular flexibility index (Phi) is 20.7. The molecule has 2 atom stereocenters. The first kappa shape index (κ1) is 61.8. The molecule has 0 spiro atoms. The van der Waals surface area contributed by atoms with Gasteiger partial charge in [-0.15, -0.1) is 10.2 Å². The molecule has 0 unspecified atom stereocenters. The lowest BCUT2D eigenvalue weighted by molar-refractivity contribution is 0.113. The Balaban J connectivity index is 0.000000182. The monoisotopic (exact) mass is 1250 g/mol. The highest BCUT2D eigenvalue weighted by Crippen LogP contribution is 2.36. The topological polar surface area (TPSA) is 109 Å². The number of piperazine rings is 2. The number of para-hydroxylation sites is 2. The van der Waals surface area contributed by atoms with Crippen LogP contribution in [0.25, 0.3) is 23.5 Å². The van der Waals surface area contributed by atoms with E-state index in [9.17, 15) is 0 Å². The maximum Gasteiger partial charge on any atom is 0.178 e. The van der Waals surface area contributed by atoms with E-state index in [1.165, 1.54) is 16.7 Å². The number of hydrogen-bond acceptors (Lipinski definition) is 11. The highest BCUT2D eigenvalue weighted by molar-refractivity contribution is 6.35. The van der Waals surface area contributed by atoms with Gasteiger partial charge in [0.05, 0.1) is 23.5 Å². The second-order valence-electron chi connectivity index (χ2n) is 22.5. The summed E-state index contributed by atoms with van der Waals surface area (Å²) in [6.07, 6.45) is 9.62. The van der Waals surface area contributed by atoms with Crippen molar-refractivity contribution in [2.45, 2.75) is 46.2 Å². The van der Waals surface area contributed by atoms with Crippen molar-refractivity contribution in [3.63, 3.8) is 0 Å². The minimum Gasteiger partial charge on any atom is -0.457 e. The lowest BCUT2D eigenvalue weighted by Gasteiger charge is -2.38. The average Bonchev–Trinajstić information content (AvgIpc) is 2.59. The number of ether oxygens (including phenoxy) is 1. The van der Waals surface area contributed by atoms with Gasteiger partial charge in [-0.3, -0.25) is 19.6 Å². The predicted molar refractivity (Wildman–Crippen MR) is 357 cm³/mol. The van der Waals surface area contributed by atoms with E-state index < -0.39 is 0 Å². The quantitative estimate of drug-likeness (QED) is 0.0819. The minimum absolute atomic E-state index is 0.117. The summed E-state index contributed by atoms with van der Waals surface area (Å²) in [6, 6.07) is 60.9. The molecule has 2 aliphatic heterocycles. The van der Waals surface area contributed by atoms with E-state index in [2.05, 4.69) is 224 Å². The summed E-state index contributed by atoms with van der Waals surface area (Å²) in [6.45, 7) is 17.5. The van der Waals surface area contributed by atoms with E-state index in [-0.39, 0.29) is 12.1 Å². The molecule has 0 N–H and O–H groups in total. The molecule has 0 bridgehead atoms. The normalized spacial score (nSPS) is 15.1. The zero-order chi connectivity index (χ0) is 60.9. The van der Waals surface area contributed by atoms with Crippen LogP contribution in [0.2, 0.25) is 20.1 Å². The maximum absolute atomic E-state index is 6.32. The van der Waals surface area contributed by atoms with E-state index in [0.29, 0.717) is 31.6 Å². The Morgan fingerprint density at radius 1 is 0.420 bits per heavy atom. The van der Waals surface area contributed by atoms with Gasteiger partial charge < -0.3 is 4.74 Å². The summed E-state index contributed by atoms with van der Waals surface area (Å²) in [4.78, 5) is 9.95. The number of halogens is 4. The van der Waals surface area contributed by atoms with Crippen LogP contribution >= 0.6 is 46.4 Å². The molecule has 2 aliphatic rings. The Hall–Kier alpha value is -7.82. The first-order chi connectivity index (χ1) is 42.9. The van der Waals surface area contributed by atoms with E-state index in [4.69, 9.17) is 51.1 Å². The SMILES string of the molecule is Cc1cccc(C)c1-n1nnnc1[C@@H](c1cccc(Cc2cc(Cl)cc(Cl)c2)c1)N1CCN(C/C=C/c2ccccc2)CC1.Cc1cccc(C)c1-n1nnnc1[C@H](c1cccc(Oc2cc(Cl)cc(Cl)c2)c1)N1CCN(C/C=C/c2ccccc2)CC1. The van der Waals surface area contributed by atoms with Crippen molar-refractivity contribution in [3.8, 4) is 22.9 Å². The van der Waals surface area contributed by atoms with Crippen LogP contribution in [0.15, 0.2) is 194 Å². The summed E-state index contributed by atoms with van der Waals surface area (Å²) in [5, 5.41) is 29.0. The van der Waals surface area contributed by atoms with Crippen LogP contribution in [-0.2, 0) is 6.42 Å². The molecular weight excluding hydrogens is 1180 g/mol. The standard InChI is InChI=1S/C36H36Cl2N6.C35H34Cl2N6O/c1-26-9-6-10-27(2)34(26)44-36(39-40-41-44)35(31-15-7-13-29(22-31)21-30-23-32(37)25-33(38)24-30)43-19-17-42(18-20-43)16-8-14-28-11-4-3-5-12-28;1-25-9-6-10-26(2)33(25)43-35(38-39-40-43)34(28-14-7-15-31(21-28)44-32-23-29(36)22-30(37)24-32)42-19-17-41(18-20-42)16-8-13-27-11-4-3-5-12-27/h3-15,22-25,35H,16-21H2,1-2H3;3-15,21-24,34H,16-20H2,1-2H3/b14-8+;13-8+/t35-;34-/m10/s1. The average molecular weight is 1250 g/mol. The molecule has 2 aromatic heterocycles. The maximum atomic E-state index is 6.32. The highest BCUT2D eigenvalue weighted by Gasteiger charge is 2.34. The van der Waals surface area contributed by atoms with Gasteiger partial charge in [0.25, 0.3) is 0 Å². The van der Waals surface area contributed by atoms with E-state index in [1.54, 1.807) is 24.3 Å². The molecule has 12 rings (SSSR count). The number of aromatic nitrogens is 8. The molecule has 4 heterocycles. The first-order valence-corrected chi connectivity index (χ1v) is 31.2. The second-order valence-corrected chi connectivity index (χ2v) is 24.2. The van der Waals surface area contributed by atoms with Crippen LogP contribution < -0.4 is 4.74 Å². The van der Waals surface area contributed by atoms with Gasteiger partial charge in [0.15, 0.2) is 11.6 Å². The number of tetrazole rings is 2. The fourth-order valence-electron chi connectivity index (χ4n) is 11.9. The fraction of sp³-hybridized carbons (Fsp3) is 0.239. The molecule has 0 amide bonds. The molecule has 0 radical (unpaired) electrons. The Bertz CT molecular complexity index is 3670. The van der Waals surface area contributed by atoms with Gasteiger partial charge in [-0.25, -0.2) is 0 Å². The van der Waals surface area contributed by atoms with Crippen LogP contribution in [-0.4, -0.2) is 125 Å². The molecule has 448 valence electrons. The molecule has 17 heteroatoms. The summed E-state index contributed by atoms with van der Waals surface area (Å²) >= 11 is 25.1. The van der Waals surface area contributed by atoms with Crippen LogP contribution in [0.4, 0.5) is 0 Å². The third-order valence-electron chi connectivity index (χ3n) is 16.1. The Morgan fingerprint density at radius 3 is 1.31 bits per heavy atom. The van der Waals surface area contributed by atoms with Crippen LogP contribution in [0.1, 0.15) is 79.4 Å². The van der Waals surface area contributed by atoms with E-state index in [1.807, 2.05) is 45.8 Å². The Morgan fingerprint density at radius 2 is 0.841 bits per heavy atom. The molecular formula is C71H70Cl4N12O. The van der Waals surface area contributed by atoms with E-state index >= 15 is 0 Å². The summed E-state index contributed by atoms with van der Waals surface area (Å²) in [7, 11) is 0. The van der Waals surface area contributed by atoms with Gasteiger partial charge in [-0.1, -0.05) is 204 Å². The van der Waals surface area contributed by atoms with Crippen molar-refractivity contribution >= 4 is 58.6 Å². The lowest BCUT2D eigenvalue weighted by Crippen LogP contribution is -2.48. The Labute approximate surface area is 536 Å². The lowest BCUT2D eigenvalue weighted by atomic mass is 9.97. The second kappa shape index (κ2) is 29.5. The molecule has 0 saturated carbocycles. The first-order valence-electron chi connectivity index (χ1n) is 29.7. The van der Waals surface area contributed by atoms with E-state index in [0.717, 1.165) is 134 Å². The molecule has 88 heavy (non-hydrogen) atoms. The predicted octanol–water partition coefficient (Wildman–Crippen LogP) is 15.4. The van der Waals surface area contributed by atoms with Gasteiger partial charge in [-0.2, -0.15) is 9.36 Å². The summed E-state index contributed by atoms with van der Waals surface area (Å²) in [5.41, 5.74) is 13.4. The molecule has 10 aromatic rings. The molecule has 0 aliphatic carbocycles. The van der Waals surface area contributed by atoms with Gasteiger partial charge in [0.1, 0.15) is 11.5 Å². The zero-order valence-corrected chi connectivity index (χ0v) is 52.9. The van der Waals surface area contributed by atoms with Crippen LogP contribution in [0.5, 0.6) is 11.5 Å². The summed E-state index contributed by atoms with van der Waals surface area (Å²) < 4.78 is 10.1. The third kappa shape index (κ3) is 15.7. The van der Waals surface area contributed by atoms with Gasteiger partial charge in [-0.05, 0) is 159 Å². The summed E-state index contributed by atoms with van der Waals surface area (Å²) in [5.74, 6) is 2.85. The molecule has 2 saturated heterocycles. The van der Waals surface area contributed by atoms with Gasteiger partial charge >= 0.3 is 0 Å². The van der Waals surface area contributed by atoms with Crippen molar-refractivity contribution in [2.24, 2.45) is 0 Å². The van der Waals surface area contributed by atoms with Crippen molar-refractivity contribution in [1.29, 1.82) is 0 Å². The van der Waals surface area contributed by atoms with Crippen LogP contribution in [0.3, 0.4) is 0 Å². The number of hydrogen-bond donors (Lipinski definition) is 0. The largest absolute Gasteiger partial charge is 0.457 e. The molecule has 2 fully saturated rings. The van der Waals surface area contributed by atoms with Gasteiger partial charge in [0, 0.05) is 85.5 Å². The zero-order valence-electron chi connectivity index (χ0n) is 49.8. The van der Waals surface area contributed by atoms with Crippen molar-refractivity contribution in [3.05, 3.63) is 282 Å². The number of benzene rings is 8. The van der Waals surface area contributed by atoms with Crippen LogP contribution in [0, 0.1) is 27.7 Å². The van der Waals surface area contributed by atoms with Gasteiger partial charge in [0.2, 0.25) is 0 Å². The van der Waals surface area contributed by atoms with Crippen molar-refractivity contribution in [1.82, 2.24) is 60.0 Å². The number of nitrogens with zero attached hydrogens (tertiary/aromatic N) is 12. The number of aryl methyl sites for hydroxylation is 4. The smallest absolute Gasteiger partial charge is 0.178 e.